The molecule has 1 aliphatic rings. The van der Waals surface area contributed by atoms with Gasteiger partial charge in [-0.2, -0.15) is 0 Å². The number of rotatable bonds is 4. The molecule has 22 heavy (non-hydrogen) atoms. The maximum absolute atomic E-state index is 11.0. The Hall–Kier alpha value is -1.63. The first-order valence-electron chi connectivity index (χ1n) is 6.85. The summed E-state index contributed by atoms with van der Waals surface area (Å²) in [6.07, 6.45) is 2.47. The van der Waals surface area contributed by atoms with E-state index in [4.69, 9.17) is 28.3 Å². The lowest BCUT2D eigenvalue weighted by Crippen LogP contribution is -2.22. The van der Waals surface area contributed by atoms with Crippen molar-refractivity contribution in [1.29, 1.82) is 0 Å². The molecule has 0 radical (unpaired) electrons. The summed E-state index contributed by atoms with van der Waals surface area (Å²) in [5, 5.41) is 18.3. The molecule has 0 amide bonds. The number of hydrogen-bond donors (Lipinski definition) is 1. The van der Waals surface area contributed by atoms with Gasteiger partial charge >= 0.3 is 5.97 Å². The van der Waals surface area contributed by atoms with Gasteiger partial charge in [-0.05, 0) is 31.2 Å². The normalized spacial score (nSPS) is 18.7. The van der Waals surface area contributed by atoms with Crippen molar-refractivity contribution < 1.29 is 9.90 Å². The summed E-state index contributed by atoms with van der Waals surface area (Å²) < 4.78 is 1.60. The van der Waals surface area contributed by atoms with Crippen LogP contribution in [-0.4, -0.2) is 44.1 Å². The Morgan fingerprint density at radius 3 is 2.91 bits per heavy atom. The van der Waals surface area contributed by atoms with Crippen molar-refractivity contribution in [2.24, 2.45) is 5.92 Å². The maximum Gasteiger partial charge on any atom is 0.307 e. The van der Waals surface area contributed by atoms with Gasteiger partial charge in [0, 0.05) is 18.1 Å². The van der Waals surface area contributed by atoms with Crippen molar-refractivity contribution in [3.05, 3.63) is 40.1 Å². The molecule has 2 heterocycles. The molecule has 1 aromatic heterocycles. The van der Waals surface area contributed by atoms with Gasteiger partial charge in [-0.3, -0.25) is 9.69 Å². The highest BCUT2D eigenvalue weighted by molar-refractivity contribution is 6.35. The lowest BCUT2D eigenvalue weighted by molar-refractivity contribution is -0.141. The topological polar surface area (TPSA) is 71.2 Å². The van der Waals surface area contributed by atoms with Crippen LogP contribution in [-0.2, 0) is 11.3 Å². The Morgan fingerprint density at radius 1 is 1.41 bits per heavy atom. The fourth-order valence-electron chi connectivity index (χ4n) is 2.56. The molecule has 116 valence electrons. The quantitative estimate of drug-likeness (QED) is 0.925. The summed E-state index contributed by atoms with van der Waals surface area (Å²) in [5.41, 5.74) is 1.48. The van der Waals surface area contributed by atoms with Crippen LogP contribution in [0.2, 0.25) is 10.0 Å². The van der Waals surface area contributed by atoms with E-state index in [-0.39, 0.29) is 5.92 Å². The van der Waals surface area contributed by atoms with Gasteiger partial charge in [0.25, 0.3) is 0 Å². The maximum atomic E-state index is 11.0. The Balaban J connectivity index is 1.70. The summed E-state index contributed by atoms with van der Waals surface area (Å²) in [4.78, 5) is 13.0. The minimum Gasteiger partial charge on any atom is -0.481 e. The fourth-order valence-corrected chi connectivity index (χ4v) is 3.06. The summed E-state index contributed by atoms with van der Waals surface area (Å²) in [6, 6.07) is 5.17. The van der Waals surface area contributed by atoms with Gasteiger partial charge in [0.1, 0.15) is 0 Å². The van der Waals surface area contributed by atoms with Crippen LogP contribution in [0.4, 0.5) is 0 Å². The number of hydrogen-bond acceptors (Lipinski definition) is 4. The van der Waals surface area contributed by atoms with Crippen LogP contribution in [0.25, 0.3) is 5.69 Å². The number of carboxylic acid groups (broad SMARTS) is 1. The summed E-state index contributed by atoms with van der Waals surface area (Å²) >= 11 is 12.0. The second-order valence-electron chi connectivity index (χ2n) is 5.31. The van der Waals surface area contributed by atoms with Crippen LogP contribution in [0.3, 0.4) is 0 Å². The highest BCUT2D eigenvalue weighted by atomic mass is 35.5. The number of aliphatic carboxylic acids is 1. The molecule has 0 spiro atoms. The largest absolute Gasteiger partial charge is 0.481 e. The predicted octanol–water partition coefficient (Wildman–Crippen LogP) is 2.48. The van der Waals surface area contributed by atoms with E-state index in [1.165, 1.54) is 0 Å². The Morgan fingerprint density at radius 2 is 2.23 bits per heavy atom. The molecular weight excluding hydrogens is 327 g/mol. The second kappa shape index (κ2) is 6.24. The summed E-state index contributed by atoms with van der Waals surface area (Å²) in [7, 11) is 0. The number of benzene rings is 1. The Kier molecular flexibility index (Phi) is 4.33. The van der Waals surface area contributed by atoms with Crippen molar-refractivity contribution in [2.75, 3.05) is 13.1 Å². The molecule has 1 N–H and O–H groups in total. The third-order valence-corrected chi connectivity index (χ3v) is 4.24. The molecule has 2 aromatic rings. The molecule has 1 aromatic carbocycles. The monoisotopic (exact) mass is 340 g/mol. The summed E-state index contributed by atoms with van der Waals surface area (Å²) in [5.74, 6) is -1.03. The summed E-state index contributed by atoms with van der Waals surface area (Å²) in [6.45, 7) is 1.88. The highest BCUT2D eigenvalue weighted by Crippen LogP contribution is 2.24. The predicted molar refractivity (Wildman–Crippen MR) is 82.4 cm³/mol. The van der Waals surface area contributed by atoms with Crippen LogP contribution in [0.15, 0.2) is 24.4 Å². The molecule has 6 nitrogen and oxygen atoms in total. The van der Waals surface area contributed by atoms with Gasteiger partial charge < -0.3 is 5.11 Å². The molecule has 0 aliphatic carbocycles. The zero-order valence-electron chi connectivity index (χ0n) is 11.6. The van der Waals surface area contributed by atoms with E-state index in [0.717, 1.165) is 12.2 Å². The van der Waals surface area contributed by atoms with Crippen molar-refractivity contribution in [3.8, 4) is 5.69 Å². The molecule has 1 saturated heterocycles. The van der Waals surface area contributed by atoms with E-state index in [1.807, 2.05) is 0 Å². The molecule has 1 fully saturated rings. The van der Waals surface area contributed by atoms with Crippen LogP contribution in [0.5, 0.6) is 0 Å². The molecule has 0 saturated carbocycles. The van der Waals surface area contributed by atoms with Gasteiger partial charge in [0.2, 0.25) is 0 Å². The van der Waals surface area contributed by atoms with Crippen molar-refractivity contribution in [3.63, 3.8) is 0 Å². The number of carboxylic acids is 1. The second-order valence-corrected chi connectivity index (χ2v) is 6.15. The van der Waals surface area contributed by atoms with E-state index < -0.39 is 5.97 Å². The molecule has 3 rings (SSSR count). The van der Waals surface area contributed by atoms with Crippen LogP contribution >= 0.6 is 23.2 Å². The van der Waals surface area contributed by atoms with E-state index >= 15 is 0 Å². The van der Waals surface area contributed by atoms with Crippen LogP contribution in [0.1, 0.15) is 12.1 Å². The molecule has 8 heteroatoms. The zero-order valence-corrected chi connectivity index (χ0v) is 13.1. The SMILES string of the molecule is O=C(O)C1CCN(Cc2cn(-c3ccc(Cl)cc3Cl)nn2)C1. The molecular formula is C14H14Cl2N4O2. The molecule has 1 atom stereocenters. The number of nitrogens with zero attached hydrogens (tertiary/aromatic N) is 4. The van der Waals surface area contributed by atoms with E-state index in [0.29, 0.717) is 35.2 Å². The molecule has 0 bridgehead atoms. The van der Waals surface area contributed by atoms with Crippen molar-refractivity contribution in [2.45, 2.75) is 13.0 Å². The van der Waals surface area contributed by atoms with E-state index in [1.54, 1.807) is 29.1 Å². The minimum atomic E-state index is -0.737. The average molecular weight is 341 g/mol. The van der Waals surface area contributed by atoms with Gasteiger partial charge in [-0.15, -0.1) is 5.10 Å². The smallest absolute Gasteiger partial charge is 0.307 e. The number of carbonyl (C=O) groups is 1. The average Bonchev–Trinajstić information content (AvgIpc) is 3.09. The van der Waals surface area contributed by atoms with Gasteiger partial charge in [0.15, 0.2) is 0 Å². The van der Waals surface area contributed by atoms with E-state index in [2.05, 4.69) is 15.2 Å². The van der Waals surface area contributed by atoms with Gasteiger partial charge in [-0.1, -0.05) is 28.4 Å². The minimum absolute atomic E-state index is 0.291. The van der Waals surface area contributed by atoms with Gasteiger partial charge in [0.05, 0.1) is 28.5 Å². The van der Waals surface area contributed by atoms with Crippen LogP contribution < -0.4 is 0 Å². The third kappa shape index (κ3) is 3.24. The van der Waals surface area contributed by atoms with Crippen LogP contribution in [0, 0.1) is 5.92 Å². The highest BCUT2D eigenvalue weighted by Gasteiger charge is 2.28. The zero-order chi connectivity index (χ0) is 15.7. The Bertz CT molecular complexity index is 704. The Labute approximate surface area is 137 Å². The third-order valence-electron chi connectivity index (χ3n) is 3.70. The number of aromatic nitrogens is 3. The first-order valence-corrected chi connectivity index (χ1v) is 7.60. The first kappa shape index (κ1) is 15.3. The standard InChI is InChI=1S/C14H14Cl2N4O2/c15-10-1-2-13(12(16)5-10)20-8-11(17-18-20)7-19-4-3-9(6-19)14(21)22/h1-2,5,8-9H,3-4,6-7H2,(H,21,22). The lowest BCUT2D eigenvalue weighted by Gasteiger charge is -2.12. The number of likely N-dealkylation sites (tertiary alicyclic amines) is 1. The molecule has 1 aliphatic heterocycles. The first-order chi connectivity index (χ1) is 10.5. The lowest BCUT2D eigenvalue weighted by atomic mass is 10.1. The van der Waals surface area contributed by atoms with E-state index in [9.17, 15) is 4.79 Å². The van der Waals surface area contributed by atoms with Gasteiger partial charge in [-0.25, -0.2) is 4.68 Å². The fraction of sp³-hybridized carbons (Fsp3) is 0.357. The van der Waals surface area contributed by atoms with Crippen molar-refractivity contribution in [1.82, 2.24) is 19.9 Å². The number of halogens is 2. The molecule has 1 unspecified atom stereocenters. The van der Waals surface area contributed by atoms with Crippen molar-refractivity contribution >= 4 is 29.2 Å².